The number of halogens is 2. The summed E-state index contributed by atoms with van der Waals surface area (Å²) < 4.78 is 14.0. The van der Waals surface area contributed by atoms with E-state index in [0.29, 0.717) is 10.0 Å². The molecule has 0 unspecified atom stereocenters. The van der Waals surface area contributed by atoms with Crippen LogP contribution in [-0.2, 0) is 0 Å². The summed E-state index contributed by atoms with van der Waals surface area (Å²) >= 11 is 3.17. The summed E-state index contributed by atoms with van der Waals surface area (Å²) in [4.78, 5) is 0. The fourth-order valence-corrected chi connectivity index (χ4v) is 1.46. The molecule has 2 N–H and O–H groups in total. The molecule has 0 amide bonds. The number of aliphatic hydroxyl groups excluding tert-OH is 1. The summed E-state index contributed by atoms with van der Waals surface area (Å²) in [6.07, 6.45) is 0. The largest absolute Gasteiger partial charge is 0.394 e. The highest BCUT2D eigenvalue weighted by molar-refractivity contribution is 9.10. The Hall–Kier alpha value is -0.450. The van der Waals surface area contributed by atoms with Gasteiger partial charge in [0.15, 0.2) is 0 Å². The van der Waals surface area contributed by atoms with Gasteiger partial charge in [-0.3, -0.25) is 0 Å². The van der Waals surface area contributed by atoms with Crippen molar-refractivity contribution in [3.05, 3.63) is 34.1 Å². The topological polar surface area (TPSA) is 32.3 Å². The molecular formula is C9H11BrFNO. The molecule has 0 aliphatic carbocycles. The predicted octanol–water partition coefficient (Wildman–Crippen LogP) is 1.84. The van der Waals surface area contributed by atoms with Crippen molar-refractivity contribution in [3.8, 4) is 0 Å². The number of aliphatic hydroxyl groups is 1. The smallest absolute Gasteiger partial charge is 0.129 e. The lowest BCUT2D eigenvalue weighted by Gasteiger charge is -2.14. The second-order valence-corrected chi connectivity index (χ2v) is 3.61. The molecule has 4 heteroatoms. The molecule has 0 fully saturated rings. The highest BCUT2D eigenvalue weighted by atomic mass is 79.9. The van der Waals surface area contributed by atoms with Gasteiger partial charge in [0.05, 0.1) is 12.6 Å². The number of hydrogen-bond donors (Lipinski definition) is 2. The van der Waals surface area contributed by atoms with E-state index >= 15 is 0 Å². The van der Waals surface area contributed by atoms with Gasteiger partial charge in [-0.2, -0.15) is 0 Å². The molecule has 0 heterocycles. The predicted molar refractivity (Wildman–Crippen MR) is 53.0 cm³/mol. The van der Waals surface area contributed by atoms with Crippen LogP contribution in [0, 0.1) is 5.82 Å². The van der Waals surface area contributed by atoms with Gasteiger partial charge in [0.1, 0.15) is 5.82 Å². The van der Waals surface area contributed by atoms with Crippen molar-refractivity contribution in [1.82, 2.24) is 5.32 Å². The molecular weight excluding hydrogens is 237 g/mol. The molecule has 1 atom stereocenters. The zero-order chi connectivity index (χ0) is 9.84. The van der Waals surface area contributed by atoms with Crippen molar-refractivity contribution >= 4 is 15.9 Å². The third-order valence-electron chi connectivity index (χ3n) is 1.87. The maximum Gasteiger partial charge on any atom is 0.129 e. The standard InChI is InChI=1S/C9H11BrFNO/c1-12-9(5-13)7-3-2-6(10)4-8(7)11/h2-4,9,12-13H,5H2,1H3/t9-/m0/s1. The molecule has 0 radical (unpaired) electrons. The van der Waals surface area contributed by atoms with Crippen molar-refractivity contribution in [1.29, 1.82) is 0 Å². The van der Waals surface area contributed by atoms with Gasteiger partial charge >= 0.3 is 0 Å². The molecule has 0 spiro atoms. The minimum Gasteiger partial charge on any atom is -0.394 e. The number of benzene rings is 1. The Labute approximate surface area is 84.9 Å². The molecule has 0 saturated carbocycles. The Morgan fingerprint density at radius 3 is 2.77 bits per heavy atom. The number of rotatable bonds is 3. The van der Waals surface area contributed by atoms with Crippen LogP contribution < -0.4 is 5.32 Å². The maximum absolute atomic E-state index is 13.3. The van der Waals surface area contributed by atoms with Gasteiger partial charge in [-0.25, -0.2) is 4.39 Å². The van der Waals surface area contributed by atoms with E-state index in [0.717, 1.165) is 0 Å². The summed E-state index contributed by atoms with van der Waals surface area (Å²) in [7, 11) is 1.68. The van der Waals surface area contributed by atoms with E-state index in [4.69, 9.17) is 5.11 Å². The third kappa shape index (κ3) is 2.49. The molecule has 0 saturated heterocycles. The van der Waals surface area contributed by atoms with Gasteiger partial charge in [-0.1, -0.05) is 22.0 Å². The first-order chi connectivity index (χ1) is 6.19. The average molecular weight is 248 g/mol. The number of nitrogens with one attached hydrogen (secondary N) is 1. The van der Waals surface area contributed by atoms with Gasteiger partial charge in [0, 0.05) is 10.0 Å². The van der Waals surface area contributed by atoms with Gasteiger partial charge in [-0.15, -0.1) is 0 Å². The molecule has 72 valence electrons. The number of hydrogen-bond acceptors (Lipinski definition) is 2. The molecule has 2 nitrogen and oxygen atoms in total. The molecule has 1 aromatic carbocycles. The van der Waals surface area contributed by atoms with Crippen LogP contribution in [0.4, 0.5) is 4.39 Å². The first-order valence-corrected chi connectivity index (χ1v) is 4.71. The van der Waals surface area contributed by atoms with Crippen LogP contribution in [0.1, 0.15) is 11.6 Å². The van der Waals surface area contributed by atoms with Crippen molar-refractivity contribution < 1.29 is 9.50 Å². The second-order valence-electron chi connectivity index (χ2n) is 2.69. The lowest BCUT2D eigenvalue weighted by atomic mass is 10.1. The summed E-state index contributed by atoms with van der Waals surface area (Å²) in [5.41, 5.74) is 0.480. The Bertz CT molecular complexity index is 289. The van der Waals surface area contributed by atoms with Crippen molar-refractivity contribution in [3.63, 3.8) is 0 Å². The quantitative estimate of drug-likeness (QED) is 0.855. The lowest BCUT2D eigenvalue weighted by molar-refractivity contribution is 0.248. The Balaban J connectivity index is 2.99. The minimum absolute atomic E-state index is 0.116. The van der Waals surface area contributed by atoms with Crippen LogP contribution in [0.2, 0.25) is 0 Å². The van der Waals surface area contributed by atoms with Crippen LogP contribution in [0.3, 0.4) is 0 Å². The van der Waals surface area contributed by atoms with E-state index in [2.05, 4.69) is 21.2 Å². The van der Waals surface area contributed by atoms with E-state index in [-0.39, 0.29) is 18.5 Å². The van der Waals surface area contributed by atoms with E-state index in [1.165, 1.54) is 6.07 Å². The lowest BCUT2D eigenvalue weighted by Crippen LogP contribution is -2.21. The van der Waals surface area contributed by atoms with Gasteiger partial charge < -0.3 is 10.4 Å². The van der Waals surface area contributed by atoms with Crippen LogP contribution in [0.25, 0.3) is 0 Å². The van der Waals surface area contributed by atoms with Crippen LogP contribution in [0.5, 0.6) is 0 Å². The monoisotopic (exact) mass is 247 g/mol. The molecule has 1 rings (SSSR count). The van der Waals surface area contributed by atoms with E-state index in [1.54, 1.807) is 19.2 Å². The van der Waals surface area contributed by atoms with E-state index < -0.39 is 0 Å². The van der Waals surface area contributed by atoms with Crippen molar-refractivity contribution in [2.45, 2.75) is 6.04 Å². The fraction of sp³-hybridized carbons (Fsp3) is 0.333. The average Bonchev–Trinajstić information content (AvgIpc) is 2.10. The molecule has 0 aliphatic heterocycles. The molecule has 0 aromatic heterocycles. The first kappa shape index (κ1) is 10.6. The molecule has 13 heavy (non-hydrogen) atoms. The minimum atomic E-state index is -0.340. The SMILES string of the molecule is CN[C@@H](CO)c1ccc(Br)cc1F. The van der Waals surface area contributed by atoms with Crippen molar-refractivity contribution in [2.75, 3.05) is 13.7 Å². The summed E-state index contributed by atoms with van der Waals surface area (Å²) in [5.74, 6) is -0.317. The first-order valence-electron chi connectivity index (χ1n) is 3.92. The summed E-state index contributed by atoms with van der Waals surface area (Å²) in [5, 5.41) is 11.8. The van der Waals surface area contributed by atoms with Crippen molar-refractivity contribution in [2.24, 2.45) is 0 Å². The summed E-state index contributed by atoms with van der Waals surface area (Å²) in [6, 6.07) is 4.44. The Kier molecular flexibility index (Phi) is 3.84. The zero-order valence-electron chi connectivity index (χ0n) is 7.22. The maximum atomic E-state index is 13.3. The third-order valence-corrected chi connectivity index (χ3v) is 2.36. The van der Waals surface area contributed by atoms with Crippen LogP contribution in [-0.4, -0.2) is 18.8 Å². The van der Waals surface area contributed by atoms with Crippen LogP contribution >= 0.6 is 15.9 Å². The van der Waals surface area contributed by atoms with Gasteiger partial charge in [-0.05, 0) is 19.2 Å². The number of likely N-dealkylation sites (N-methyl/N-ethyl adjacent to an activating group) is 1. The van der Waals surface area contributed by atoms with Gasteiger partial charge in [0.2, 0.25) is 0 Å². The normalized spacial score (nSPS) is 12.9. The molecule has 0 aliphatic rings. The molecule has 1 aromatic rings. The molecule has 0 bridgehead atoms. The highest BCUT2D eigenvalue weighted by Crippen LogP contribution is 2.20. The highest BCUT2D eigenvalue weighted by Gasteiger charge is 2.12. The van der Waals surface area contributed by atoms with E-state index in [9.17, 15) is 4.39 Å². The second kappa shape index (κ2) is 4.69. The van der Waals surface area contributed by atoms with Gasteiger partial charge in [0.25, 0.3) is 0 Å². The summed E-state index contributed by atoms with van der Waals surface area (Å²) in [6.45, 7) is -0.116. The Morgan fingerprint density at radius 2 is 2.31 bits per heavy atom. The van der Waals surface area contributed by atoms with Crippen LogP contribution in [0.15, 0.2) is 22.7 Å². The Morgan fingerprint density at radius 1 is 1.62 bits per heavy atom. The fourth-order valence-electron chi connectivity index (χ4n) is 1.13. The van der Waals surface area contributed by atoms with E-state index in [1.807, 2.05) is 0 Å². The zero-order valence-corrected chi connectivity index (χ0v) is 8.81.